The van der Waals surface area contributed by atoms with Gasteiger partial charge < -0.3 is 15.5 Å². The van der Waals surface area contributed by atoms with Crippen LogP contribution in [0.1, 0.15) is 21.5 Å². The van der Waals surface area contributed by atoms with E-state index in [0.29, 0.717) is 13.1 Å². The Morgan fingerprint density at radius 2 is 2.25 bits per heavy atom. The van der Waals surface area contributed by atoms with Gasteiger partial charge in [-0.1, -0.05) is 6.07 Å². The van der Waals surface area contributed by atoms with E-state index in [1.165, 1.54) is 0 Å². The highest BCUT2D eigenvalue weighted by Crippen LogP contribution is 2.18. The van der Waals surface area contributed by atoms with Gasteiger partial charge in [0.25, 0.3) is 0 Å². The number of hydrogen-bond donors (Lipinski definition) is 3. The SMILES string of the molecule is Cc1ccc(C(=O)O)cc1NCc1cnn(CCO)c1. The number of nitrogens with zero attached hydrogens (tertiary/aromatic N) is 2. The molecular formula is C14H17N3O3. The number of carboxylic acid groups (broad SMARTS) is 1. The lowest BCUT2D eigenvalue weighted by atomic mass is 10.1. The van der Waals surface area contributed by atoms with Gasteiger partial charge in [0.1, 0.15) is 0 Å². The lowest BCUT2D eigenvalue weighted by Gasteiger charge is -2.09. The normalized spacial score (nSPS) is 10.5. The Balaban J connectivity index is 2.05. The lowest BCUT2D eigenvalue weighted by Crippen LogP contribution is -2.04. The van der Waals surface area contributed by atoms with Gasteiger partial charge in [-0.25, -0.2) is 4.79 Å². The number of anilines is 1. The van der Waals surface area contributed by atoms with Crippen LogP contribution in [0.25, 0.3) is 0 Å². The van der Waals surface area contributed by atoms with E-state index in [1.807, 2.05) is 13.1 Å². The average molecular weight is 275 g/mol. The molecule has 0 fully saturated rings. The molecule has 6 nitrogen and oxygen atoms in total. The highest BCUT2D eigenvalue weighted by atomic mass is 16.4. The number of nitrogens with one attached hydrogen (secondary N) is 1. The zero-order valence-electron chi connectivity index (χ0n) is 11.2. The molecule has 3 N–H and O–H groups in total. The number of carbonyl (C=O) groups is 1. The van der Waals surface area contributed by atoms with E-state index in [2.05, 4.69) is 10.4 Å². The predicted molar refractivity (Wildman–Crippen MR) is 74.8 cm³/mol. The molecule has 0 saturated heterocycles. The number of rotatable bonds is 6. The highest BCUT2D eigenvalue weighted by Gasteiger charge is 2.06. The summed E-state index contributed by atoms with van der Waals surface area (Å²) in [7, 11) is 0. The molecule has 1 aromatic carbocycles. The van der Waals surface area contributed by atoms with Gasteiger partial charge in [0.05, 0.1) is 24.9 Å². The Bertz CT molecular complexity index is 607. The van der Waals surface area contributed by atoms with Crippen molar-refractivity contribution in [1.29, 1.82) is 0 Å². The summed E-state index contributed by atoms with van der Waals surface area (Å²) in [5.74, 6) is -0.941. The first-order chi connectivity index (χ1) is 9.60. The Kier molecular flexibility index (Phi) is 4.37. The fourth-order valence-electron chi connectivity index (χ4n) is 1.87. The monoisotopic (exact) mass is 275 g/mol. The van der Waals surface area contributed by atoms with Crippen molar-refractivity contribution in [3.8, 4) is 0 Å². The van der Waals surface area contributed by atoms with Crippen LogP contribution in [0.5, 0.6) is 0 Å². The van der Waals surface area contributed by atoms with E-state index in [0.717, 1.165) is 16.8 Å². The van der Waals surface area contributed by atoms with Crippen LogP contribution in [-0.4, -0.2) is 32.6 Å². The maximum atomic E-state index is 10.9. The van der Waals surface area contributed by atoms with Gasteiger partial charge in [-0.2, -0.15) is 5.10 Å². The molecule has 0 atom stereocenters. The molecule has 2 aromatic rings. The second kappa shape index (κ2) is 6.21. The molecule has 0 bridgehead atoms. The topological polar surface area (TPSA) is 87.4 Å². The molecule has 2 rings (SSSR count). The van der Waals surface area contributed by atoms with Crippen LogP contribution >= 0.6 is 0 Å². The summed E-state index contributed by atoms with van der Waals surface area (Å²) in [5.41, 5.74) is 3.00. The fraction of sp³-hybridized carbons (Fsp3) is 0.286. The largest absolute Gasteiger partial charge is 0.478 e. The first kappa shape index (κ1) is 14.1. The minimum Gasteiger partial charge on any atom is -0.478 e. The van der Waals surface area contributed by atoms with Gasteiger partial charge in [-0.3, -0.25) is 4.68 Å². The van der Waals surface area contributed by atoms with E-state index in [-0.39, 0.29) is 12.2 Å². The fourth-order valence-corrected chi connectivity index (χ4v) is 1.87. The van der Waals surface area contributed by atoms with Gasteiger partial charge in [0.2, 0.25) is 0 Å². The van der Waals surface area contributed by atoms with Gasteiger partial charge in [-0.15, -0.1) is 0 Å². The van der Waals surface area contributed by atoms with Crippen molar-refractivity contribution < 1.29 is 15.0 Å². The van der Waals surface area contributed by atoms with Crippen LogP contribution in [0.3, 0.4) is 0 Å². The molecule has 0 radical (unpaired) electrons. The van der Waals surface area contributed by atoms with E-state index < -0.39 is 5.97 Å². The van der Waals surface area contributed by atoms with E-state index in [1.54, 1.807) is 29.1 Å². The summed E-state index contributed by atoms with van der Waals surface area (Å²) < 4.78 is 1.66. The molecule has 0 aliphatic rings. The van der Waals surface area contributed by atoms with Crippen LogP contribution < -0.4 is 5.32 Å². The number of aromatic nitrogens is 2. The van der Waals surface area contributed by atoms with E-state index in [9.17, 15) is 4.79 Å². The molecule has 0 aliphatic heterocycles. The second-order valence-corrected chi connectivity index (χ2v) is 4.52. The number of aryl methyl sites for hydroxylation is 1. The molecule has 20 heavy (non-hydrogen) atoms. The zero-order valence-corrected chi connectivity index (χ0v) is 11.2. The van der Waals surface area contributed by atoms with Crippen LogP contribution in [-0.2, 0) is 13.1 Å². The van der Waals surface area contributed by atoms with Gasteiger partial charge in [-0.05, 0) is 24.6 Å². The minimum absolute atomic E-state index is 0.0499. The molecule has 0 amide bonds. The Morgan fingerprint density at radius 3 is 2.95 bits per heavy atom. The Morgan fingerprint density at radius 1 is 1.45 bits per heavy atom. The summed E-state index contributed by atoms with van der Waals surface area (Å²) in [4.78, 5) is 10.9. The number of aliphatic hydroxyl groups excluding tert-OH is 1. The second-order valence-electron chi connectivity index (χ2n) is 4.52. The third-order valence-electron chi connectivity index (χ3n) is 2.98. The molecule has 1 heterocycles. The third-order valence-corrected chi connectivity index (χ3v) is 2.98. The molecule has 0 aliphatic carbocycles. The quantitative estimate of drug-likeness (QED) is 0.743. The van der Waals surface area contributed by atoms with Crippen molar-refractivity contribution in [3.63, 3.8) is 0 Å². The summed E-state index contributed by atoms with van der Waals surface area (Å²) in [6, 6.07) is 4.99. The smallest absolute Gasteiger partial charge is 0.335 e. The Labute approximate surface area is 116 Å². The number of aromatic carboxylic acids is 1. The molecule has 0 spiro atoms. The summed E-state index contributed by atoms with van der Waals surface area (Å²) in [6.45, 7) is 2.99. The van der Waals surface area contributed by atoms with Crippen LogP contribution in [0.15, 0.2) is 30.6 Å². The standard InChI is InChI=1S/C14H17N3O3/c1-10-2-3-12(14(19)20)6-13(10)15-7-11-8-16-17(9-11)4-5-18/h2-3,6,8-9,15,18H,4-5,7H2,1H3,(H,19,20). The minimum atomic E-state index is -0.941. The van der Waals surface area contributed by atoms with Crippen molar-refractivity contribution in [2.45, 2.75) is 20.0 Å². The number of benzene rings is 1. The van der Waals surface area contributed by atoms with Gasteiger partial charge >= 0.3 is 5.97 Å². The maximum Gasteiger partial charge on any atom is 0.335 e. The third kappa shape index (κ3) is 3.36. The van der Waals surface area contributed by atoms with Crippen LogP contribution in [0, 0.1) is 6.92 Å². The number of hydrogen-bond acceptors (Lipinski definition) is 4. The number of carboxylic acids is 1. The summed E-state index contributed by atoms with van der Waals surface area (Å²) in [5, 5.41) is 25.1. The highest BCUT2D eigenvalue weighted by molar-refractivity contribution is 5.89. The molecule has 6 heteroatoms. The molecule has 1 aromatic heterocycles. The first-order valence-electron chi connectivity index (χ1n) is 6.30. The zero-order chi connectivity index (χ0) is 14.5. The molecular weight excluding hydrogens is 258 g/mol. The summed E-state index contributed by atoms with van der Waals surface area (Å²) >= 11 is 0. The molecule has 0 unspecified atom stereocenters. The van der Waals surface area contributed by atoms with Crippen molar-refractivity contribution in [2.75, 3.05) is 11.9 Å². The predicted octanol–water partition coefficient (Wildman–Crippen LogP) is 1.49. The lowest BCUT2D eigenvalue weighted by molar-refractivity contribution is 0.0697. The first-order valence-corrected chi connectivity index (χ1v) is 6.30. The summed E-state index contributed by atoms with van der Waals surface area (Å²) in [6.07, 6.45) is 3.57. The van der Waals surface area contributed by atoms with Crippen molar-refractivity contribution in [2.24, 2.45) is 0 Å². The Hall–Kier alpha value is -2.34. The maximum absolute atomic E-state index is 10.9. The average Bonchev–Trinajstić information content (AvgIpc) is 2.86. The van der Waals surface area contributed by atoms with Gasteiger partial charge in [0, 0.05) is 24.0 Å². The molecule has 0 saturated carbocycles. The van der Waals surface area contributed by atoms with Gasteiger partial charge in [0.15, 0.2) is 0 Å². The number of aliphatic hydroxyl groups is 1. The van der Waals surface area contributed by atoms with Crippen LogP contribution in [0.2, 0.25) is 0 Å². The van der Waals surface area contributed by atoms with Crippen molar-refractivity contribution in [1.82, 2.24) is 9.78 Å². The molecule has 106 valence electrons. The van der Waals surface area contributed by atoms with E-state index >= 15 is 0 Å². The van der Waals surface area contributed by atoms with Crippen LogP contribution in [0.4, 0.5) is 5.69 Å². The van der Waals surface area contributed by atoms with Crippen molar-refractivity contribution in [3.05, 3.63) is 47.3 Å². The van der Waals surface area contributed by atoms with Crippen molar-refractivity contribution >= 4 is 11.7 Å². The van der Waals surface area contributed by atoms with E-state index in [4.69, 9.17) is 10.2 Å².